The van der Waals surface area contributed by atoms with E-state index in [-0.39, 0.29) is 12.5 Å². The number of nitrogens with one attached hydrogen (secondary N) is 1. The number of anilines is 1. The van der Waals surface area contributed by atoms with E-state index in [4.69, 9.17) is 5.73 Å². The van der Waals surface area contributed by atoms with E-state index in [1.807, 2.05) is 24.3 Å². The third kappa shape index (κ3) is 3.47. The first-order valence-electron chi connectivity index (χ1n) is 7.33. The molecule has 0 aliphatic heterocycles. The molecular formula is C18H18N3OS+. The van der Waals surface area contributed by atoms with Gasteiger partial charge in [-0.25, -0.2) is 0 Å². The highest BCUT2D eigenvalue weighted by atomic mass is 32.1. The van der Waals surface area contributed by atoms with Crippen molar-refractivity contribution in [2.45, 2.75) is 0 Å². The topological polar surface area (TPSA) is 59.0 Å². The van der Waals surface area contributed by atoms with Crippen LogP contribution in [0, 0.1) is 0 Å². The zero-order valence-corrected chi connectivity index (χ0v) is 13.6. The fourth-order valence-electron chi connectivity index (χ4n) is 2.32. The normalized spacial score (nSPS) is 11.2. The second kappa shape index (κ2) is 6.73. The Balaban J connectivity index is 1.79. The van der Waals surface area contributed by atoms with Crippen LogP contribution in [0.1, 0.15) is 10.6 Å². The predicted molar refractivity (Wildman–Crippen MR) is 96.1 cm³/mol. The molecule has 3 rings (SSSR count). The van der Waals surface area contributed by atoms with E-state index in [0.29, 0.717) is 0 Å². The molecule has 1 aromatic heterocycles. The van der Waals surface area contributed by atoms with Crippen LogP contribution in [0.3, 0.4) is 0 Å². The minimum Gasteiger partial charge on any atom is -0.325 e. The Labute approximate surface area is 138 Å². The molecule has 3 aromatic rings. The number of hydrogen-bond donors (Lipinski definition) is 2. The summed E-state index contributed by atoms with van der Waals surface area (Å²) >= 11 is 1.76. The minimum absolute atomic E-state index is 0.00983. The van der Waals surface area contributed by atoms with Crippen LogP contribution in [0.25, 0.3) is 22.4 Å². The molecule has 0 atom stereocenters. The molecule has 0 aliphatic rings. The van der Waals surface area contributed by atoms with Crippen molar-refractivity contribution < 1.29 is 9.36 Å². The molecule has 1 amide bonds. The summed E-state index contributed by atoms with van der Waals surface area (Å²) in [6.07, 6.45) is 4.18. The molecule has 0 spiro atoms. The highest BCUT2D eigenvalue weighted by Gasteiger charge is 2.13. The molecule has 5 heteroatoms. The number of fused-ring (bicyclic) bond motifs is 1. The molecule has 3 N–H and O–H groups in total. The van der Waals surface area contributed by atoms with E-state index in [0.717, 1.165) is 11.3 Å². The molecule has 4 nitrogen and oxygen atoms in total. The molecule has 0 radical (unpaired) electrons. The van der Waals surface area contributed by atoms with Gasteiger partial charge in [-0.2, -0.15) is 4.57 Å². The number of carbonyl (C=O) groups is 1. The van der Waals surface area contributed by atoms with Crippen LogP contribution in [-0.2, 0) is 11.8 Å². The maximum absolute atomic E-state index is 11.2. The van der Waals surface area contributed by atoms with Crippen LogP contribution in [0.5, 0.6) is 0 Å². The zero-order valence-electron chi connectivity index (χ0n) is 12.8. The average Bonchev–Trinajstić information content (AvgIpc) is 2.90. The van der Waals surface area contributed by atoms with Gasteiger partial charge < -0.3 is 11.1 Å². The van der Waals surface area contributed by atoms with Gasteiger partial charge in [0.1, 0.15) is 11.7 Å². The molecule has 0 aliphatic carbocycles. The van der Waals surface area contributed by atoms with Crippen LogP contribution < -0.4 is 15.6 Å². The summed E-state index contributed by atoms with van der Waals surface area (Å²) < 4.78 is 3.46. The van der Waals surface area contributed by atoms with E-state index in [9.17, 15) is 4.79 Å². The summed E-state index contributed by atoms with van der Waals surface area (Å²) in [5, 5.41) is 3.92. The maximum atomic E-state index is 11.2. The van der Waals surface area contributed by atoms with E-state index in [1.54, 1.807) is 11.3 Å². The summed E-state index contributed by atoms with van der Waals surface area (Å²) in [5.74, 6) is -0.189. The lowest BCUT2D eigenvalue weighted by Gasteiger charge is -2.03. The molecule has 0 bridgehead atoms. The van der Waals surface area contributed by atoms with Crippen LogP contribution >= 0.6 is 11.3 Å². The Hall–Kier alpha value is -2.50. The number of amides is 1. The number of aromatic nitrogens is 1. The highest BCUT2D eigenvalue weighted by molar-refractivity contribution is 7.18. The fraction of sp³-hybridized carbons (Fsp3) is 0.111. The zero-order chi connectivity index (χ0) is 16.2. The first kappa shape index (κ1) is 15.4. The number of carbonyl (C=O) groups excluding carboxylic acids is 1. The van der Waals surface area contributed by atoms with Crippen molar-refractivity contribution in [3.63, 3.8) is 0 Å². The van der Waals surface area contributed by atoms with Crippen molar-refractivity contribution in [1.29, 1.82) is 0 Å². The Morgan fingerprint density at radius 3 is 2.61 bits per heavy atom. The SMILES string of the molecule is C[n+]1c(C=Cc2ccc(NC(=O)CN)cc2)sc2ccccc21. The summed E-state index contributed by atoms with van der Waals surface area (Å²) in [7, 11) is 2.07. The molecule has 116 valence electrons. The van der Waals surface area contributed by atoms with Crippen molar-refractivity contribution >= 4 is 45.3 Å². The Kier molecular flexibility index (Phi) is 4.50. The predicted octanol–water partition coefficient (Wildman–Crippen LogP) is 2.79. The van der Waals surface area contributed by atoms with Crippen LogP contribution in [0.2, 0.25) is 0 Å². The van der Waals surface area contributed by atoms with Gasteiger partial charge in [0.05, 0.1) is 6.54 Å². The summed E-state index contributed by atoms with van der Waals surface area (Å²) in [6.45, 7) is -0.00983. The number of para-hydroxylation sites is 1. The van der Waals surface area contributed by atoms with Gasteiger partial charge in [0.15, 0.2) is 0 Å². The third-order valence-electron chi connectivity index (χ3n) is 3.57. The largest absolute Gasteiger partial charge is 0.325 e. The maximum Gasteiger partial charge on any atom is 0.262 e. The molecule has 0 saturated heterocycles. The molecule has 2 aromatic carbocycles. The van der Waals surface area contributed by atoms with Crippen LogP contribution in [0.4, 0.5) is 5.69 Å². The minimum atomic E-state index is -0.189. The Bertz CT molecular complexity index is 866. The summed E-state index contributed by atoms with van der Waals surface area (Å²) in [5.41, 5.74) is 8.35. The number of nitrogens with zero attached hydrogens (tertiary/aromatic N) is 1. The van der Waals surface area contributed by atoms with E-state index >= 15 is 0 Å². The number of benzene rings is 2. The lowest BCUT2D eigenvalue weighted by atomic mass is 10.2. The first-order valence-corrected chi connectivity index (χ1v) is 8.14. The molecule has 1 heterocycles. The van der Waals surface area contributed by atoms with E-state index < -0.39 is 0 Å². The van der Waals surface area contributed by atoms with E-state index in [1.165, 1.54) is 15.2 Å². The second-order valence-electron chi connectivity index (χ2n) is 5.17. The molecule has 23 heavy (non-hydrogen) atoms. The summed E-state index contributed by atoms with van der Waals surface area (Å²) in [6, 6.07) is 16.0. The number of thiazole rings is 1. The van der Waals surface area contributed by atoms with Gasteiger partial charge in [0.25, 0.3) is 5.01 Å². The Morgan fingerprint density at radius 1 is 1.17 bits per heavy atom. The fourth-order valence-corrected chi connectivity index (χ4v) is 3.38. The van der Waals surface area contributed by atoms with Gasteiger partial charge in [0.2, 0.25) is 11.4 Å². The molecule has 0 fully saturated rings. The highest BCUT2D eigenvalue weighted by Crippen LogP contribution is 2.21. The molecule has 0 saturated carbocycles. The lowest BCUT2D eigenvalue weighted by molar-refractivity contribution is -0.642. The number of rotatable bonds is 4. The Morgan fingerprint density at radius 2 is 1.91 bits per heavy atom. The van der Waals surface area contributed by atoms with Gasteiger partial charge in [-0.05, 0) is 29.8 Å². The van der Waals surface area contributed by atoms with Crippen molar-refractivity contribution in [3.05, 3.63) is 59.1 Å². The van der Waals surface area contributed by atoms with Gasteiger partial charge in [-0.15, -0.1) is 0 Å². The van der Waals surface area contributed by atoms with Gasteiger partial charge in [0, 0.05) is 17.8 Å². The van der Waals surface area contributed by atoms with Gasteiger partial charge >= 0.3 is 0 Å². The quantitative estimate of drug-likeness (QED) is 0.725. The summed E-state index contributed by atoms with van der Waals surface area (Å²) in [4.78, 5) is 11.2. The lowest BCUT2D eigenvalue weighted by Crippen LogP contribution is -2.28. The average molecular weight is 324 g/mol. The van der Waals surface area contributed by atoms with Crippen LogP contribution in [-0.4, -0.2) is 12.5 Å². The molecule has 0 unspecified atom stereocenters. The smallest absolute Gasteiger partial charge is 0.262 e. The first-order chi connectivity index (χ1) is 11.2. The number of nitrogens with two attached hydrogens (primary N) is 1. The van der Waals surface area contributed by atoms with Crippen molar-refractivity contribution in [2.24, 2.45) is 12.8 Å². The second-order valence-corrected chi connectivity index (χ2v) is 6.24. The third-order valence-corrected chi connectivity index (χ3v) is 4.75. The van der Waals surface area contributed by atoms with Crippen molar-refractivity contribution in [2.75, 3.05) is 11.9 Å². The molecular weight excluding hydrogens is 306 g/mol. The van der Waals surface area contributed by atoms with E-state index in [2.05, 4.69) is 53.3 Å². The number of aryl methyl sites for hydroxylation is 1. The van der Waals surface area contributed by atoms with Crippen LogP contribution in [0.15, 0.2) is 48.5 Å². The van der Waals surface area contributed by atoms with Gasteiger partial charge in [-0.1, -0.05) is 35.6 Å². The van der Waals surface area contributed by atoms with Gasteiger partial charge in [-0.3, -0.25) is 4.79 Å². The van der Waals surface area contributed by atoms with Crippen molar-refractivity contribution in [3.8, 4) is 0 Å². The monoisotopic (exact) mass is 324 g/mol. The standard InChI is InChI=1S/C18H17N3OS/c1-21-15-4-2-3-5-16(15)23-18(21)11-8-13-6-9-14(10-7-13)20-17(22)12-19/h2-11H,12,19H2,1H3/p+1. The van der Waals surface area contributed by atoms with Crippen molar-refractivity contribution in [1.82, 2.24) is 0 Å². The number of hydrogen-bond acceptors (Lipinski definition) is 3.